The molecule has 0 bridgehead atoms. The maximum absolute atomic E-state index is 2.26. The van der Waals surface area contributed by atoms with Crippen molar-refractivity contribution in [1.82, 2.24) is 0 Å². The Morgan fingerprint density at radius 3 is 1.73 bits per heavy atom. The second kappa shape index (κ2) is 5.72. The van der Waals surface area contributed by atoms with Gasteiger partial charge in [-0.05, 0) is 49.1 Å². The van der Waals surface area contributed by atoms with Crippen LogP contribution in [0.4, 0.5) is 0 Å². The first-order valence-corrected chi connectivity index (χ1v) is 7.60. The average Bonchev–Trinajstić information content (AvgIpc) is 2.52. The van der Waals surface area contributed by atoms with Gasteiger partial charge in [-0.25, -0.2) is 4.57 Å². The minimum absolute atomic E-state index is 1.23. The lowest BCUT2D eigenvalue weighted by Crippen LogP contribution is -2.30. The molecule has 1 aromatic carbocycles. The van der Waals surface area contributed by atoms with E-state index in [0.29, 0.717) is 0 Å². The Bertz CT molecular complexity index is 800. The maximum Gasteiger partial charge on any atom is 0.213 e. The minimum Gasteiger partial charge on any atom is -0.208 e. The van der Waals surface area contributed by atoms with Crippen molar-refractivity contribution in [2.75, 3.05) is 0 Å². The number of aromatic nitrogens is 2. The Balaban J connectivity index is 1.98. The Morgan fingerprint density at radius 1 is 0.636 bits per heavy atom. The van der Waals surface area contributed by atoms with E-state index in [0.717, 1.165) is 0 Å². The minimum atomic E-state index is 1.23. The van der Waals surface area contributed by atoms with Crippen LogP contribution in [0, 0.1) is 20.8 Å². The highest BCUT2D eigenvalue weighted by Crippen LogP contribution is 2.18. The van der Waals surface area contributed by atoms with Gasteiger partial charge < -0.3 is 0 Å². The molecule has 2 nitrogen and oxygen atoms in total. The van der Waals surface area contributed by atoms with E-state index in [1.54, 1.807) is 0 Å². The molecule has 3 rings (SSSR count). The molecular formula is C20H22N2+2. The van der Waals surface area contributed by atoms with Crippen LogP contribution in [-0.2, 0) is 7.05 Å². The molecular weight excluding hydrogens is 268 g/mol. The molecule has 2 heteroatoms. The first-order valence-electron chi connectivity index (χ1n) is 7.60. The van der Waals surface area contributed by atoms with Crippen LogP contribution in [0.2, 0.25) is 0 Å². The molecule has 0 aliphatic rings. The van der Waals surface area contributed by atoms with E-state index in [1.807, 2.05) is 11.6 Å². The monoisotopic (exact) mass is 290 g/mol. The van der Waals surface area contributed by atoms with Gasteiger partial charge in [0.25, 0.3) is 0 Å². The predicted octanol–water partition coefficient (Wildman–Crippen LogP) is 3.38. The van der Waals surface area contributed by atoms with Crippen molar-refractivity contribution in [3.8, 4) is 16.8 Å². The number of hydrogen-bond donors (Lipinski definition) is 0. The Hall–Kier alpha value is -2.48. The summed E-state index contributed by atoms with van der Waals surface area (Å²) in [4.78, 5) is 0. The number of hydrogen-bond acceptors (Lipinski definition) is 0. The Kier molecular flexibility index (Phi) is 3.76. The van der Waals surface area contributed by atoms with Crippen LogP contribution in [-0.4, -0.2) is 0 Å². The maximum atomic E-state index is 2.26. The number of nitrogens with zero attached hydrogens (tertiary/aromatic N) is 2. The molecule has 0 fully saturated rings. The number of pyridine rings is 2. The van der Waals surface area contributed by atoms with Gasteiger partial charge in [0.05, 0.1) is 0 Å². The zero-order valence-corrected chi connectivity index (χ0v) is 13.7. The van der Waals surface area contributed by atoms with Gasteiger partial charge in [-0.15, -0.1) is 0 Å². The molecule has 0 saturated heterocycles. The highest BCUT2D eigenvalue weighted by molar-refractivity contribution is 5.61. The van der Waals surface area contributed by atoms with E-state index in [9.17, 15) is 0 Å². The topological polar surface area (TPSA) is 7.76 Å². The largest absolute Gasteiger partial charge is 0.213 e. The van der Waals surface area contributed by atoms with Crippen molar-refractivity contribution < 1.29 is 9.13 Å². The summed E-state index contributed by atoms with van der Waals surface area (Å²) in [6.45, 7) is 6.49. The van der Waals surface area contributed by atoms with Crippen molar-refractivity contribution in [3.63, 3.8) is 0 Å². The molecule has 0 amide bonds. The molecule has 0 aliphatic carbocycles. The molecule has 0 radical (unpaired) electrons. The number of aryl methyl sites for hydroxylation is 4. The van der Waals surface area contributed by atoms with Gasteiger partial charge in [0, 0.05) is 35.9 Å². The molecule has 2 aromatic heterocycles. The lowest BCUT2D eigenvalue weighted by Gasteiger charge is -2.06. The molecule has 0 atom stereocenters. The van der Waals surface area contributed by atoms with Crippen LogP contribution in [0.5, 0.6) is 0 Å². The zero-order valence-electron chi connectivity index (χ0n) is 13.7. The standard InChI is InChI=1S/C20H22N2/c1-15-13-17(3)20(14-16(15)2)22-11-7-19(8-12-22)18-5-9-21(4)10-6-18/h5-14H,1-4H3/q+2. The zero-order chi connectivity index (χ0) is 15.7. The van der Waals surface area contributed by atoms with E-state index in [-0.39, 0.29) is 0 Å². The molecule has 0 unspecified atom stereocenters. The molecule has 22 heavy (non-hydrogen) atoms. The SMILES string of the molecule is Cc1cc(C)c(-[n+]2ccc(-c3cc[n+](C)cc3)cc2)cc1C. The molecule has 0 N–H and O–H groups in total. The average molecular weight is 290 g/mol. The van der Waals surface area contributed by atoms with Crippen LogP contribution >= 0.6 is 0 Å². The van der Waals surface area contributed by atoms with Crippen molar-refractivity contribution in [3.05, 3.63) is 77.9 Å². The fourth-order valence-corrected chi connectivity index (χ4v) is 2.70. The van der Waals surface area contributed by atoms with Crippen molar-refractivity contribution >= 4 is 0 Å². The summed E-state index contributed by atoms with van der Waals surface area (Å²) in [6.07, 6.45) is 8.42. The van der Waals surface area contributed by atoms with Crippen LogP contribution in [0.15, 0.2) is 61.2 Å². The molecule has 0 spiro atoms. The third-order valence-corrected chi connectivity index (χ3v) is 4.23. The smallest absolute Gasteiger partial charge is 0.208 e. The predicted molar refractivity (Wildman–Crippen MR) is 88.8 cm³/mol. The van der Waals surface area contributed by atoms with Crippen molar-refractivity contribution in [2.45, 2.75) is 20.8 Å². The summed E-state index contributed by atoms with van der Waals surface area (Å²) in [6, 6.07) is 13.1. The van der Waals surface area contributed by atoms with Gasteiger partial charge in [0.2, 0.25) is 5.69 Å². The highest BCUT2D eigenvalue weighted by atomic mass is 14.9. The van der Waals surface area contributed by atoms with E-state index in [2.05, 4.69) is 86.5 Å². The van der Waals surface area contributed by atoms with Crippen molar-refractivity contribution in [2.24, 2.45) is 7.05 Å². The third-order valence-electron chi connectivity index (χ3n) is 4.23. The third kappa shape index (κ3) is 2.77. The highest BCUT2D eigenvalue weighted by Gasteiger charge is 2.12. The first kappa shape index (κ1) is 14.5. The molecule has 0 aliphatic heterocycles. The normalized spacial score (nSPS) is 10.7. The van der Waals surface area contributed by atoms with Crippen LogP contribution < -0.4 is 9.13 Å². The Labute approximate surface area is 132 Å². The lowest BCUT2D eigenvalue weighted by molar-refractivity contribution is -0.671. The van der Waals surface area contributed by atoms with Gasteiger partial charge in [0.1, 0.15) is 7.05 Å². The van der Waals surface area contributed by atoms with Gasteiger partial charge in [-0.1, -0.05) is 0 Å². The van der Waals surface area contributed by atoms with E-state index < -0.39 is 0 Å². The van der Waals surface area contributed by atoms with Gasteiger partial charge in [-0.2, -0.15) is 4.57 Å². The summed E-state index contributed by atoms with van der Waals surface area (Å²) in [5, 5.41) is 0. The van der Waals surface area contributed by atoms with Crippen molar-refractivity contribution in [1.29, 1.82) is 0 Å². The van der Waals surface area contributed by atoms with E-state index in [1.165, 1.54) is 33.5 Å². The second-order valence-electron chi connectivity index (χ2n) is 5.97. The van der Waals surface area contributed by atoms with E-state index in [4.69, 9.17) is 0 Å². The second-order valence-corrected chi connectivity index (χ2v) is 5.97. The molecule has 0 saturated carbocycles. The lowest BCUT2D eigenvalue weighted by atomic mass is 10.0. The molecule has 2 heterocycles. The summed E-state index contributed by atoms with van der Waals surface area (Å²) < 4.78 is 4.24. The van der Waals surface area contributed by atoms with Gasteiger partial charge >= 0.3 is 0 Å². The first-order chi connectivity index (χ1) is 10.5. The van der Waals surface area contributed by atoms with Crippen LogP contribution in [0.3, 0.4) is 0 Å². The van der Waals surface area contributed by atoms with Crippen LogP contribution in [0.25, 0.3) is 16.8 Å². The van der Waals surface area contributed by atoms with E-state index >= 15 is 0 Å². The summed E-state index contributed by atoms with van der Waals surface area (Å²) >= 11 is 0. The quantitative estimate of drug-likeness (QED) is 0.639. The fourth-order valence-electron chi connectivity index (χ4n) is 2.70. The Morgan fingerprint density at radius 2 is 1.14 bits per heavy atom. The summed E-state index contributed by atoms with van der Waals surface area (Å²) in [5.41, 5.74) is 7.69. The van der Waals surface area contributed by atoms with Crippen LogP contribution in [0.1, 0.15) is 16.7 Å². The van der Waals surface area contributed by atoms with Gasteiger partial charge in [-0.3, -0.25) is 0 Å². The van der Waals surface area contributed by atoms with Gasteiger partial charge in [0.15, 0.2) is 24.8 Å². The number of rotatable bonds is 2. The molecule has 110 valence electrons. The summed E-state index contributed by atoms with van der Waals surface area (Å²) in [7, 11) is 2.03. The summed E-state index contributed by atoms with van der Waals surface area (Å²) in [5.74, 6) is 0. The number of benzene rings is 1. The fraction of sp³-hybridized carbons (Fsp3) is 0.200. The molecule has 3 aromatic rings.